The van der Waals surface area contributed by atoms with Gasteiger partial charge in [0.1, 0.15) is 22.4 Å². The molecule has 0 radical (unpaired) electrons. The number of hydrogen-bond acceptors (Lipinski definition) is 9. The van der Waals surface area contributed by atoms with Crippen LogP contribution in [-0.4, -0.2) is 61.6 Å². The smallest absolute Gasteiger partial charge is 0.744 e. The quantitative estimate of drug-likeness (QED) is 0.103. The molecule has 15 heteroatoms. The third-order valence-corrected chi connectivity index (χ3v) is 12.2. The minimum atomic E-state index is -4.60. The van der Waals surface area contributed by atoms with Gasteiger partial charge in [0.2, 0.25) is 0 Å². The molecule has 10 nitrogen and oxygen atoms in total. The van der Waals surface area contributed by atoms with Gasteiger partial charge in [-0.05, 0) is 67.2 Å². The van der Waals surface area contributed by atoms with E-state index in [4.69, 9.17) is 17.4 Å². The molecule has 0 saturated heterocycles. The first kappa shape index (κ1) is 50.5. The van der Waals surface area contributed by atoms with E-state index < -0.39 is 26.1 Å². The number of fused-ring (bicyclic) bond motifs is 2. The molecule has 1 aliphatic carbocycles. The van der Waals surface area contributed by atoms with Crippen molar-refractivity contribution >= 4 is 59.7 Å². The van der Waals surface area contributed by atoms with Crippen molar-refractivity contribution in [3.63, 3.8) is 0 Å². The van der Waals surface area contributed by atoms with Gasteiger partial charge in [0, 0.05) is 45.7 Å². The maximum atomic E-state index is 13.2. The number of benzene rings is 2. The van der Waals surface area contributed by atoms with Crippen molar-refractivity contribution in [1.82, 2.24) is 0 Å². The molecule has 0 saturated carbocycles. The third-order valence-electron chi connectivity index (χ3n) is 10.4. The second kappa shape index (κ2) is 21.6. The molecule has 0 bridgehead atoms. The Morgan fingerprint density at radius 2 is 1.66 bits per heavy atom. The number of ether oxygens (including phenoxy) is 1. The number of halogens is 1. The fraction of sp³-hybridized carbons (Fsp3) is 0.463. The van der Waals surface area contributed by atoms with E-state index in [0.717, 1.165) is 71.3 Å². The van der Waals surface area contributed by atoms with Crippen LogP contribution in [0, 0.1) is 12.0 Å². The molecule has 0 fully saturated rings. The van der Waals surface area contributed by atoms with Gasteiger partial charge in [0.15, 0.2) is 5.71 Å². The zero-order valence-electron chi connectivity index (χ0n) is 34.1. The van der Waals surface area contributed by atoms with Crippen LogP contribution in [0.4, 0.5) is 11.4 Å². The number of nitrogens with zero attached hydrogens (tertiary/aromatic N) is 2. The van der Waals surface area contributed by atoms with E-state index in [1.807, 2.05) is 13.0 Å². The minimum Gasteiger partial charge on any atom is -0.744 e. The van der Waals surface area contributed by atoms with Crippen molar-refractivity contribution in [3.05, 3.63) is 99.2 Å². The Hall–Kier alpha value is -1.65. The summed E-state index contributed by atoms with van der Waals surface area (Å²) in [4.78, 5) is 15.3. The van der Waals surface area contributed by atoms with Crippen LogP contribution in [0.5, 0.6) is 0 Å². The third kappa shape index (κ3) is 11.5. The largest absolute Gasteiger partial charge is 1.00 e. The first-order chi connectivity index (χ1) is 25.4. The predicted molar refractivity (Wildman–Crippen MR) is 213 cm³/mol. The van der Waals surface area contributed by atoms with Crippen LogP contribution in [-0.2, 0) is 41.1 Å². The average molecular weight is 889 g/mol. The van der Waals surface area contributed by atoms with E-state index in [0.29, 0.717) is 19.4 Å². The molecule has 3 aliphatic rings. The monoisotopic (exact) mass is 887 g/mol. The average Bonchev–Trinajstić information content (AvgIpc) is 3.45. The van der Waals surface area contributed by atoms with Crippen LogP contribution in [0.25, 0.3) is 0 Å². The molecule has 0 spiro atoms. The van der Waals surface area contributed by atoms with Gasteiger partial charge >= 0.3 is 75.7 Å². The predicted octanol–water partition coefficient (Wildman–Crippen LogP) is 2.16. The standard InChI is InChI=1S/C41H51BrN2O5S.2Na.O3S/c1-8-11-23-43-34-16-14-13-15-32(34)40(4,5)36(43)21-17-28-25-30(39(45)49-10-3)26-29(38(28)42)18-22-37-41(6,7)33-27-31(50(46,47)48)19-20-35(33)44(37)24-12-9-2;;;1-4(2)3/h14-22,27,30H,8-12,23-26H2,1-7H3,(H,46,47,48);;;/q;2*+1;/p-1. The van der Waals surface area contributed by atoms with Crippen LogP contribution >= 0.6 is 15.9 Å². The van der Waals surface area contributed by atoms with Crippen LogP contribution < -0.4 is 64.0 Å². The number of allylic oxidation sites excluding steroid dienone is 8. The summed E-state index contributed by atoms with van der Waals surface area (Å²) in [5.74, 6) is -0.539. The number of unbranched alkanes of at least 4 members (excludes halogenated alkanes) is 2. The number of esters is 1. The van der Waals surface area contributed by atoms with Gasteiger partial charge in [-0.15, -0.1) is 18.7 Å². The van der Waals surface area contributed by atoms with Crippen LogP contribution in [0.2, 0.25) is 0 Å². The second-order valence-corrected chi connectivity index (χ2v) is 17.3. The summed E-state index contributed by atoms with van der Waals surface area (Å²) in [5.41, 5.74) is 7.68. The molecule has 2 aromatic rings. The van der Waals surface area contributed by atoms with Gasteiger partial charge in [0.05, 0.1) is 17.4 Å². The topological polar surface area (TPSA) is 141 Å². The molecule has 1 unspecified atom stereocenters. The summed E-state index contributed by atoms with van der Waals surface area (Å²) in [6.07, 6.45) is 13.8. The molecule has 0 amide bonds. The summed E-state index contributed by atoms with van der Waals surface area (Å²) in [5, 5.41) is 0. The second-order valence-electron chi connectivity index (χ2n) is 14.7. The Morgan fingerprint density at radius 1 is 1.00 bits per heavy atom. The van der Waals surface area contributed by atoms with Crippen molar-refractivity contribution in [3.8, 4) is 0 Å². The van der Waals surface area contributed by atoms with Crippen molar-refractivity contribution in [1.29, 1.82) is 0 Å². The van der Waals surface area contributed by atoms with E-state index >= 15 is 0 Å². The SMILES string of the molecule is CCCCN1/C(=C/C=C2\CC(C(=O)OCC)CC(/C=C/C3=[N+](CCCC)c4cc[c-]cc4C3(C)C)=C2Br)C(C)(C)c2cc(S(=O)(=O)[O-])ccc21.O=S(=O)=O.[Na+].[Na+]. The minimum absolute atomic E-state index is 0. The Balaban J connectivity index is 0.00000172. The van der Waals surface area contributed by atoms with E-state index in [1.54, 1.807) is 6.07 Å². The van der Waals surface area contributed by atoms with Gasteiger partial charge in [-0.3, -0.25) is 4.79 Å². The van der Waals surface area contributed by atoms with Gasteiger partial charge in [0.25, 0.3) is 0 Å². The fourth-order valence-electron chi connectivity index (χ4n) is 7.54. The number of carbonyl (C=O) groups is 1. The Labute approximate surface area is 387 Å². The molecular formula is C41H50BrN2Na2O8S2+. The molecule has 56 heavy (non-hydrogen) atoms. The molecule has 0 aromatic heterocycles. The van der Waals surface area contributed by atoms with Crippen LogP contribution in [0.1, 0.15) is 98.1 Å². The number of carbonyl (C=O) groups excluding carboxylic acids is 1. The normalized spacial score (nSPS) is 19.6. The van der Waals surface area contributed by atoms with Gasteiger partial charge in [-0.25, -0.2) is 13.0 Å². The maximum Gasteiger partial charge on any atom is 1.00 e. The summed E-state index contributed by atoms with van der Waals surface area (Å²) < 4.78 is 70.1. The Morgan fingerprint density at radius 3 is 2.27 bits per heavy atom. The van der Waals surface area contributed by atoms with Crippen LogP contribution in [0.15, 0.2) is 86.9 Å². The molecule has 1 atom stereocenters. The number of hydrogen-bond donors (Lipinski definition) is 0. The summed E-state index contributed by atoms with van der Waals surface area (Å²) >= 11 is 3.95. The van der Waals surface area contributed by atoms with Crippen molar-refractivity contribution in [2.24, 2.45) is 5.92 Å². The zero-order chi connectivity index (χ0) is 40.0. The van der Waals surface area contributed by atoms with Gasteiger partial charge in [-0.1, -0.05) is 88.0 Å². The van der Waals surface area contributed by atoms with Crippen molar-refractivity contribution in [2.75, 3.05) is 24.6 Å². The molecule has 2 heterocycles. The summed E-state index contributed by atoms with van der Waals surface area (Å²) in [6, 6.07) is 14.2. The molecule has 292 valence electrons. The zero-order valence-corrected chi connectivity index (χ0v) is 41.3. The fourth-order valence-corrected chi connectivity index (χ4v) is 8.63. The van der Waals surface area contributed by atoms with E-state index in [1.165, 1.54) is 29.1 Å². The van der Waals surface area contributed by atoms with E-state index in [-0.39, 0.29) is 81.3 Å². The summed E-state index contributed by atoms with van der Waals surface area (Å²) in [7, 11) is -7.71. The first-order valence-corrected chi connectivity index (χ1v) is 21.5. The molecular weight excluding hydrogens is 838 g/mol. The van der Waals surface area contributed by atoms with Crippen molar-refractivity contribution < 1.29 is 98.8 Å². The Kier molecular flexibility index (Phi) is 19.4. The molecule has 2 aromatic carbocycles. The molecule has 5 rings (SSSR count). The van der Waals surface area contributed by atoms with Gasteiger partial charge in [-0.2, -0.15) is 18.2 Å². The summed E-state index contributed by atoms with van der Waals surface area (Å²) in [6.45, 7) is 16.8. The number of anilines is 1. The van der Waals surface area contributed by atoms with Crippen molar-refractivity contribution in [2.45, 2.75) is 103 Å². The van der Waals surface area contributed by atoms with E-state index in [2.05, 4.69) is 109 Å². The molecule has 0 N–H and O–H groups in total. The van der Waals surface area contributed by atoms with Crippen LogP contribution in [0.3, 0.4) is 0 Å². The van der Waals surface area contributed by atoms with Gasteiger partial charge < -0.3 is 14.2 Å². The maximum absolute atomic E-state index is 13.2. The number of rotatable bonds is 12. The van der Waals surface area contributed by atoms with E-state index in [9.17, 15) is 17.8 Å². The Bertz CT molecular complexity index is 2150. The molecule has 2 aliphatic heterocycles. The first-order valence-electron chi connectivity index (χ1n) is 18.3.